The fourth-order valence-electron chi connectivity index (χ4n) is 3.88. The van der Waals surface area contributed by atoms with Crippen molar-refractivity contribution in [2.45, 2.75) is 44.2 Å². The second-order valence-electron chi connectivity index (χ2n) is 7.37. The minimum Gasteiger partial charge on any atom is -0.460 e. The Morgan fingerprint density at radius 1 is 1.04 bits per heavy atom. The quantitative estimate of drug-likeness (QED) is 0.861. The molecule has 1 saturated carbocycles. The van der Waals surface area contributed by atoms with Crippen LogP contribution in [0.25, 0.3) is 0 Å². The van der Waals surface area contributed by atoms with Crippen molar-refractivity contribution in [3.05, 3.63) is 48.8 Å². The average Bonchev–Trinajstić information content (AvgIpc) is 3.13. The number of hydrogen-bond acceptors (Lipinski definition) is 5. The van der Waals surface area contributed by atoms with Gasteiger partial charge >= 0.3 is 6.01 Å². The maximum absolute atomic E-state index is 12.7. The maximum Gasteiger partial charge on any atom is 0.316 e. The first kappa shape index (κ1) is 18.4. The maximum atomic E-state index is 12.7. The SMILES string of the molecule is O=C(NC1CCC(Oc2ncccn2)CC1)C1CC(=O)N(c2ccccc2)C1. The van der Waals surface area contributed by atoms with E-state index in [4.69, 9.17) is 4.74 Å². The van der Waals surface area contributed by atoms with Gasteiger partial charge in [-0.05, 0) is 43.9 Å². The lowest BCUT2D eigenvalue weighted by Crippen LogP contribution is -2.43. The molecule has 1 unspecified atom stereocenters. The van der Waals surface area contributed by atoms with Crippen LogP contribution in [-0.4, -0.2) is 40.5 Å². The number of aromatic nitrogens is 2. The van der Waals surface area contributed by atoms with Crippen LogP contribution in [0.15, 0.2) is 48.8 Å². The van der Waals surface area contributed by atoms with E-state index < -0.39 is 0 Å². The van der Waals surface area contributed by atoms with Gasteiger partial charge < -0.3 is 15.0 Å². The molecule has 2 aromatic rings. The second kappa shape index (κ2) is 8.37. The summed E-state index contributed by atoms with van der Waals surface area (Å²) in [6.45, 7) is 0.443. The smallest absolute Gasteiger partial charge is 0.316 e. The molecule has 2 fully saturated rings. The topological polar surface area (TPSA) is 84.4 Å². The van der Waals surface area contributed by atoms with Gasteiger partial charge in [0.05, 0.1) is 5.92 Å². The van der Waals surface area contributed by atoms with E-state index in [1.54, 1.807) is 23.4 Å². The number of ether oxygens (including phenoxy) is 1. The molecule has 1 N–H and O–H groups in total. The first-order chi connectivity index (χ1) is 13.7. The van der Waals surface area contributed by atoms with Gasteiger partial charge in [0.1, 0.15) is 6.10 Å². The van der Waals surface area contributed by atoms with Crippen LogP contribution < -0.4 is 15.0 Å². The fourth-order valence-corrected chi connectivity index (χ4v) is 3.88. The second-order valence-corrected chi connectivity index (χ2v) is 7.37. The van der Waals surface area contributed by atoms with Crippen molar-refractivity contribution in [2.24, 2.45) is 5.92 Å². The van der Waals surface area contributed by atoms with Crippen LogP contribution in [0.4, 0.5) is 5.69 Å². The molecule has 146 valence electrons. The van der Waals surface area contributed by atoms with Crippen molar-refractivity contribution in [3.8, 4) is 6.01 Å². The summed E-state index contributed by atoms with van der Waals surface area (Å²) in [4.78, 5) is 34.9. The summed E-state index contributed by atoms with van der Waals surface area (Å²) in [6.07, 6.45) is 7.08. The van der Waals surface area contributed by atoms with Crippen LogP contribution in [0.1, 0.15) is 32.1 Å². The van der Waals surface area contributed by atoms with Gasteiger partial charge in [0, 0.05) is 37.1 Å². The number of nitrogens with zero attached hydrogens (tertiary/aromatic N) is 3. The van der Waals surface area contributed by atoms with Gasteiger partial charge in [-0.3, -0.25) is 9.59 Å². The zero-order valence-corrected chi connectivity index (χ0v) is 15.7. The summed E-state index contributed by atoms with van der Waals surface area (Å²) in [7, 11) is 0. The molecule has 2 aliphatic rings. The molecule has 1 aliphatic carbocycles. The molecule has 1 saturated heterocycles. The number of hydrogen-bond donors (Lipinski definition) is 1. The molecule has 1 aliphatic heterocycles. The summed E-state index contributed by atoms with van der Waals surface area (Å²) < 4.78 is 5.80. The number of amides is 2. The predicted molar refractivity (Wildman–Crippen MR) is 104 cm³/mol. The molecule has 4 rings (SSSR count). The van der Waals surface area contributed by atoms with E-state index in [9.17, 15) is 9.59 Å². The van der Waals surface area contributed by atoms with Crippen LogP contribution >= 0.6 is 0 Å². The van der Waals surface area contributed by atoms with Crippen molar-refractivity contribution in [1.29, 1.82) is 0 Å². The molecule has 1 aromatic heterocycles. The molecule has 7 nitrogen and oxygen atoms in total. The number of rotatable bonds is 5. The van der Waals surface area contributed by atoms with E-state index in [1.807, 2.05) is 30.3 Å². The number of carbonyl (C=O) groups excluding carboxylic acids is 2. The molecular formula is C21H24N4O3. The Kier molecular flexibility index (Phi) is 5.50. The highest BCUT2D eigenvalue weighted by Crippen LogP contribution is 2.26. The van der Waals surface area contributed by atoms with E-state index in [1.165, 1.54) is 0 Å². The van der Waals surface area contributed by atoms with E-state index in [2.05, 4.69) is 15.3 Å². The molecular weight excluding hydrogens is 356 g/mol. The van der Waals surface area contributed by atoms with Crippen molar-refractivity contribution < 1.29 is 14.3 Å². The van der Waals surface area contributed by atoms with Gasteiger partial charge in [-0.1, -0.05) is 18.2 Å². The van der Waals surface area contributed by atoms with Crippen LogP contribution in [-0.2, 0) is 9.59 Å². The summed E-state index contributed by atoms with van der Waals surface area (Å²) in [6, 6.07) is 11.8. The van der Waals surface area contributed by atoms with Crippen molar-refractivity contribution in [1.82, 2.24) is 15.3 Å². The van der Waals surface area contributed by atoms with E-state index in [-0.39, 0.29) is 36.3 Å². The molecule has 7 heteroatoms. The average molecular weight is 380 g/mol. The van der Waals surface area contributed by atoms with Gasteiger partial charge in [-0.2, -0.15) is 0 Å². The standard InChI is InChI=1S/C21H24N4O3/c26-19-13-15(14-25(19)17-5-2-1-3-6-17)20(27)24-16-7-9-18(10-8-16)28-21-22-11-4-12-23-21/h1-6,11-12,15-16,18H,7-10,13-14H2,(H,24,27). The molecule has 0 bridgehead atoms. The Morgan fingerprint density at radius 2 is 1.75 bits per heavy atom. The Hall–Kier alpha value is -2.96. The highest BCUT2D eigenvalue weighted by Gasteiger charge is 2.36. The Morgan fingerprint density at radius 3 is 2.46 bits per heavy atom. The summed E-state index contributed by atoms with van der Waals surface area (Å²) in [5, 5.41) is 3.13. The van der Waals surface area contributed by atoms with Crippen LogP contribution in [0, 0.1) is 5.92 Å². The lowest BCUT2D eigenvalue weighted by molar-refractivity contribution is -0.127. The fraction of sp³-hybridized carbons (Fsp3) is 0.429. The largest absolute Gasteiger partial charge is 0.460 e. The monoisotopic (exact) mass is 380 g/mol. The zero-order chi connectivity index (χ0) is 19.3. The minimum absolute atomic E-state index is 0.00585. The Labute approximate surface area is 164 Å². The first-order valence-electron chi connectivity index (χ1n) is 9.78. The van der Waals surface area contributed by atoms with Gasteiger partial charge in [-0.15, -0.1) is 0 Å². The van der Waals surface area contributed by atoms with Crippen LogP contribution in [0.2, 0.25) is 0 Å². The third-order valence-electron chi connectivity index (χ3n) is 5.40. The summed E-state index contributed by atoms with van der Waals surface area (Å²) >= 11 is 0. The first-order valence-corrected chi connectivity index (χ1v) is 9.78. The molecule has 2 amide bonds. The lowest BCUT2D eigenvalue weighted by Gasteiger charge is -2.29. The Balaban J connectivity index is 1.25. The molecule has 0 radical (unpaired) electrons. The summed E-state index contributed by atoms with van der Waals surface area (Å²) in [5.41, 5.74) is 0.851. The Bertz CT molecular complexity index is 807. The third kappa shape index (κ3) is 4.30. The van der Waals surface area contributed by atoms with Gasteiger partial charge in [0.25, 0.3) is 0 Å². The van der Waals surface area contributed by atoms with E-state index >= 15 is 0 Å². The van der Waals surface area contributed by atoms with Crippen molar-refractivity contribution >= 4 is 17.5 Å². The minimum atomic E-state index is -0.292. The number of anilines is 1. The molecule has 28 heavy (non-hydrogen) atoms. The highest BCUT2D eigenvalue weighted by atomic mass is 16.5. The van der Waals surface area contributed by atoms with E-state index in [0.29, 0.717) is 12.6 Å². The zero-order valence-electron chi connectivity index (χ0n) is 15.7. The number of carbonyl (C=O) groups is 2. The number of nitrogens with one attached hydrogen (secondary N) is 1. The molecule has 0 spiro atoms. The normalized spacial score (nSPS) is 24.8. The van der Waals surface area contributed by atoms with Gasteiger partial charge in [-0.25, -0.2) is 9.97 Å². The molecule has 1 atom stereocenters. The number of benzene rings is 1. The highest BCUT2D eigenvalue weighted by molar-refractivity contribution is 6.00. The predicted octanol–water partition coefficient (Wildman–Crippen LogP) is 2.34. The van der Waals surface area contributed by atoms with Gasteiger partial charge in [0.2, 0.25) is 11.8 Å². The molecule has 2 heterocycles. The van der Waals surface area contributed by atoms with Crippen LogP contribution in [0.3, 0.4) is 0 Å². The summed E-state index contributed by atoms with van der Waals surface area (Å²) in [5.74, 6) is -0.312. The lowest BCUT2D eigenvalue weighted by atomic mass is 9.92. The van der Waals surface area contributed by atoms with Gasteiger partial charge in [0.15, 0.2) is 0 Å². The number of para-hydroxylation sites is 1. The third-order valence-corrected chi connectivity index (χ3v) is 5.40. The molecule has 1 aromatic carbocycles. The van der Waals surface area contributed by atoms with E-state index in [0.717, 1.165) is 31.4 Å². The van der Waals surface area contributed by atoms with Crippen LogP contribution in [0.5, 0.6) is 6.01 Å². The van der Waals surface area contributed by atoms with Crippen molar-refractivity contribution in [3.63, 3.8) is 0 Å². The van der Waals surface area contributed by atoms with Crippen molar-refractivity contribution in [2.75, 3.05) is 11.4 Å².